The van der Waals surface area contributed by atoms with Crippen molar-refractivity contribution in [2.24, 2.45) is 10.4 Å². The molecule has 0 saturated heterocycles. The maximum absolute atomic E-state index is 11.5. The van der Waals surface area contributed by atoms with Gasteiger partial charge in [0.1, 0.15) is 5.60 Å². The highest BCUT2D eigenvalue weighted by Crippen LogP contribution is 2.19. The van der Waals surface area contributed by atoms with Gasteiger partial charge in [-0.15, -0.1) is 0 Å². The molecule has 0 atom stereocenters. The van der Waals surface area contributed by atoms with Gasteiger partial charge in [0.15, 0.2) is 5.96 Å². The summed E-state index contributed by atoms with van der Waals surface area (Å²) in [4.78, 5) is 15.6. The van der Waals surface area contributed by atoms with E-state index in [1.165, 1.54) is 0 Å². The van der Waals surface area contributed by atoms with Crippen molar-refractivity contribution in [3.05, 3.63) is 0 Å². The fraction of sp³-hybridized carbons (Fsp3) is 0.875. The molecule has 0 radical (unpaired) electrons. The van der Waals surface area contributed by atoms with E-state index >= 15 is 0 Å². The molecule has 0 fully saturated rings. The number of ether oxygens (including phenoxy) is 1. The molecule has 3 N–H and O–H groups in total. The number of rotatable bonds is 6. The third-order valence-electron chi connectivity index (χ3n) is 2.71. The van der Waals surface area contributed by atoms with Crippen LogP contribution in [0.3, 0.4) is 0 Å². The third kappa shape index (κ3) is 13.5. The standard InChI is InChI=1S/C16H34N4O2/c1-15(2,3)9-8-10-18-13(17-7)19-11-12-20-14(21)22-16(4,5)6/h8-12H2,1-7H3,(H,20,21)(H2,17,18,19). The SMILES string of the molecule is CN=C(NCCCC(C)(C)C)NCCNC(=O)OC(C)(C)C. The normalized spacial score (nSPS) is 12.8. The van der Waals surface area contributed by atoms with Crippen LogP contribution in [0.4, 0.5) is 4.79 Å². The smallest absolute Gasteiger partial charge is 0.407 e. The number of guanidine groups is 1. The van der Waals surface area contributed by atoms with Crippen LogP contribution in [0.5, 0.6) is 0 Å². The van der Waals surface area contributed by atoms with E-state index in [1.54, 1.807) is 7.05 Å². The van der Waals surface area contributed by atoms with Crippen molar-refractivity contribution >= 4 is 12.1 Å². The van der Waals surface area contributed by atoms with Gasteiger partial charge in [-0.3, -0.25) is 4.99 Å². The van der Waals surface area contributed by atoms with Gasteiger partial charge in [-0.05, 0) is 39.0 Å². The topological polar surface area (TPSA) is 74.8 Å². The lowest BCUT2D eigenvalue weighted by atomic mass is 9.91. The minimum absolute atomic E-state index is 0.357. The maximum Gasteiger partial charge on any atom is 0.407 e. The largest absolute Gasteiger partial charge is 0.444 e. The van der Waals surface area contributed by atoms with Crippen molar-refractivity contribution < 1.29 is 9.53 Å². The minimum atomic E-state index is -0.470. The van der Waals surface area contributed by atoms with Crippen molar-refractivity contribution in [3.63, 3.8) is 0 Å². The number of carbonyl (C=O) groups excluding carboxylic acids is 1. The van der Waals surface area contributed by atoms with Crippen LogP contribution in [0.25, 0.3) is 0 Å². The number of nitrogens with one attached hydrogen (secondary N) is 3. The van der Waals surface area contributed by atoms with Crippen molar-refractivity contribution in [3.8, 4) is 0 Å². The first-order valence-corrected chi connectivity index (χ1v) is 7.95. The highest BCUT2D eigenvalue weighted by Gasteiger charge is 2.15. The first-order valence-electron chi connectivity index (χ1n) is 7.95. The van der Waals surface area contributed by atoms with Gasteiger partial charge in [-0.2, -0.15) is 0 Å². The Hall–Kier alpha value is -1.46. The van der Waals surface area contributed by atoms with Crippen LogP contribution in [0.15, 0.2) is 4.99 Å². The highest BCUT2D eigenvalue weighted by atomic mass is 16.6. The first kappa shape index (κ1) is 20.5. The Balaban J connectivity index is 3.77. The van der Waals surface area contributed by atoms with E-state index in [0.29, 0.717) is 18.5 Å². The predicted octanol–water partition coefficient (Wildman–Crippen LogP) is 2.50. The molecule has 0 bridgehead atoms. The van der Waals surface area contributed by atoms with E-state index in [9.17, 15) is 4.79 Å². The van der Waals surface area contributed by atoms with E-state index in [2.05, 4.69) is 41.7 Å². The van der Waals surface area contributed by atoms with Crippen molar-refractivity contribution in [1.82, 2.24) is 16.0 Å². The average Bonchev–Trinajstić information content (AvgIpc) is 2.33. The van der Waals surface area contributed by atoms with Gasteiger partial charge in [0, 0.05) is 26.7 Å². The molecule has 0 rings (SSSR count). The number of alkyl carbamates (subject to hydrolysis) is 1. The van der Waals surface area contributed by atoms with Crippen molar-refractivity contribution in [1.29, 1.82) is 0 Å². The zero-order chi connectivity index (χ0) is 17.2. The van der Waals surface area contributed by atoms with Crippen LogP contribution in [0, 0.1) is 5.41 Å². The Morgan fingerprint density at radius 2 is 1.50 bits per heavy atom. The Labute approximate surface area is 135 Å². The average molecular weight is 314 g/mol. The molecule has 6 nitrogen and oxygen atoms in total. The molecule has 0 unspecified atom stereocenters. The Kier molecular flexibility index (Phi) is 8.90. The van der Waals surface area contributed by atoms with Crippen LogP contribution in [0.1, 0.15) is 54.4 Å². The molecular formula is C16H34N4O2. The van der Waals surface area contributed by atoms with Crippen LogP contribution in [0.2, 0.25) is 0 Å². The summed E-state index contributed by atoms with van der Waals surface area (Å²) >= 11 is 0. The van der Waals surface area contributed by atoms with Gasteiger partial charge < -0.3 is 20.7 Å². The molecule has 0 saturated carbocycles. The molecule has 0 heterocycles. The van der Waals surface area contributed by atoms with E-state index in [-0.39, 0.29) is 0 Å². The lowest BCUT2D eigenvalue weighted by Gasteiger charge is -2.20. The molecular weight excluding hydrogens is 280 g/mol. The third-order valence-corrected chi connectivity index (χ3v) is 2.71. The summed E-state index contributed by atoms with van der Waals surface area (Å²) < 4.78 is 5.16. The van der Waals surface area contributed by atoms with Crippen molar-refractivity contribution in [2.75, 3.05) is 26.7 Å². The second kappa shape index (κ2) is 9.54. The van der Waals surface area contributed by atoms with Crippen LogP contribution in [-0.2, 0) is 4.74 Å². The van der Waals surface area contributed by atoms with Gasteiger partial charge in [0.25, 0.3) is 0 Å². The number of hydrogen-bond acceptors (Lipinski definition) is 3. The van der Waals surface area contributed by atoms with Crippen LogP contribution in [-0.4, -0.2) is 44.3 Å². The van der Waals surface area contributed by atoms with Gasteiger partial charge in [-0.1, -0.05) is 20.8 Å². The molecule has 0 aromatic rings. The quantitative estimate of drug-likeness (QED) is 0.400. The highest BCUT2D eigenvalue weighted by molar-refractivity contribution is 5.79. The molecule has 0 aliphatic heterocycles. The van der Waals surface area contributed by atoms with Gasteiger partial charge >= 0.3 is 6.09 Å². The second-order valence-corrected chi connectivity index (χ2v) is 7.52. The van der Waals surface area contributed by atoms with Gasteiger partial charge in [0.05, 0.1) is 0 Å². The van der Waals surface area contributed by atoms with Crippen molar-refractivity contribution in [2.45, 2.75) is 60.0 Å². The molecule has 0 aliphatic rings. The summed E-state index contributed by atoms with van der Waals surface area (Å²) in [5, 5.41) is 9.12. The van der Waals surface area contributed by atoms with E-state index in [1.807, 2.05) is 20.8 Å². The molecule has 0 spiro atoms. The van der Waals surface area contributed by atoms with E-state index in [4.69, 9.17) is 4.74 Å². The number of amides is 1. The van der Waals surface area contributed by atoms with E-state index < -0.39 is 11.7 Å². The number of carbonyl (C=O) groups is 1. The molecule has 0 aromatic carbocycles. The van der Waals surface area contributed by atoms with E-state index in [0.717, 1.165) is 25.3 Å². The lowest BCUT2D eigenvalue weighted by molar-refractivity contribution is 0.0529. The molecule has 6 heteroatoms. The number of hydrogen-bond donors (Lipinski definition) is 3. The Morgan fingerprint density at radius 3 is 2.00 bits per heavy atom. The minimum Gasteiger partial charge on any atom is -0.444 e. The zero-order valence-electron chi connectivity index (χ0n) is 15.3. The number of nitrogens with zero attached hydrogens (tertiary/aromatic N) is 1. The molecule has 0 aromatic heterocycles. The van der Waals surface area contributed by atoms with Gasteiger partial charge in [0.2, 0.25) is 0 Å². The fourth-order valence-electron chi connectivity index (χ4n) is 1.71. The summed E-state index contributed by atoms with van der Waals surface area (Å²) in [5.74, 6) is 0.750. The van der Waals surface area contributed by atoms with Gasteiger partial charge in [-0.25, -0.2) is 4.79 Å². The summed E-state index contributed by atoms with van der Waals surface area (Å²) in [5.41, 5.74) is -0.113. The van der Waals surface area contributed by atoms with Crippen LogP contribution >= 0.6 is 0 Å². The number of aliphatic imine (C=N–C) groups is 1. The fourth-order valence-corrected chi connectivity index (χ4v) is 1.71. The Morgan fingerprint density at radius 1 is 0.955 bits per heavy atom. The molecule has 130 valence electrons. The summed E-state index contributed by atoms with van der Waals surface area (Å²) in [6.45, 7) is 14.2. The molecule has 22 heavy (non-hydrogen) atoms. The summed E-state index contributed by atoms with van der Waals surface area (Å²) in [6, 6.07) is 0. The Bertz CT molecular complexity index is 354. The summed E-state index contributed by atoms with van der Waals surface area (Å²) in [7, 11) is 1.74. The second-order valence-electron chi connectivity index (χ2n) is 7.52. The van der Waals surface area contributed by atoms with Crippen LogP contribution < -0.4 is 16.0 Å². The molecule has 1 amide bonds. The molecule has 0 aliphatic carbocycles. The first-order chi connectivity index (χ1) is 10.0. The predicted molar refractivity (Wildman–Crippen MR) is 92.3 cm³/mol. The maximum atomic E-state index is 11.5. The monoisotopic (exact) mass is 314 g/mol. The zero-order valence-corrected chi connectivity index (χ0v) is 15.3. The lowest BCUT2D eigenvalue weighted by Crippen LogP contribution is -2.42. The summed E-state index contributed by atoms with van der Waals surface area (Å²) in [6.07, 6.45) is 1.86.